The van der Waals surface area contributed by atoms with E-state index in [-0.39, 0.29) is 24.3 Å². The van der Waals surface area contributed by atoms with E-state index in [1.807, 2.05) is 62.4 Å². The monoisotopic (exact) mass is 471 g/mol. The van der Waals surface area contributed by atoms with Gasteiger partial charge in [0.15, 0.2) is 12.1 Å². The number of cyclic esters (lactones) is 1. The second-order valence-electron chi connectivity index (χ2n) is 8.99. The highest BCUT2D eigenvalue weighted by atomic mass is 16.6. The van der Waals surface area contributed by atoms with Crippen molar-refractivity contribution in [1.82, 2.24) is 4.90 Å². The molecule has 7 nitrogen and oxygen atoms in total. The number of amides is 3. The molecule has 1 fully saturated rings. The first-order chi connectivity index (χ1) is 16.9. The van der Waals surface area contributed by atoms with E-state index in [0.717, 1.165) is 5.56 Å². The smallest absolute Gasteiger partial charge is 0.411 e. The van der Waals surface area contributed by atoms with Crippen molar-refractivity contribution in [3.05, 3.63) is 96.1 Å². The number of hydrogen-bond acceptors (Lipinski definition) is 4. The van der Waals surface area contributed by atoms with Crippen LogP contribution in [-0.2, 0) is 20.9 Å². The van der Waals surface area contributed by atoms with Gasteiger partial charge < -0.3 is 15.4 Å². The first kappa shape index (κ1) is 24.0. The van der Waals surface area contributed by atoms with E-state index in [2.05, 4.69) is 10.6 Å². The Morgan fingerprint density at radius 3 is 2.23 bits per heavy atom. The SMILES string of the molecule is CC(C)CC(=O)Nc1cccc(C2OC(=O)N(Cc3ccccc3)C2C(=O)Nc2ccccc2)c1. The van der Waals surface area contributed by atoms with Gasteiger partial charge in [0.1, 0.15) is 0 Å². The van der Waals surface area contributed by atoms with Crippen molar-refractivity contribution in [2.45, 2.75) is 39.0 Å². The highest BCUT2D eigenvalue weighted by Crippen LogP contribution is 2.35. The minimum atomic E-state index is -0.899. The molecule has 0 aromatic heterocycles. The number of nitrogens with one attached hydrogen (secondary N) is 2. The lowest BCUT2D eigenvalue weighted by Crippen LogP contribution is -2.43. The Bertz CT molecular complexity index is 1180. The van der Waals surface area contributed by atoms with Gasteiger partial charge in [-0.15, -0.1) is 0 Å². The minimum Gasteiger partial charge on any atom is -0.438 e. The highest BCUT2D eigenvalue weighted by molar-refractivity contribution is 5.98. The number of rotatable bonds is 8. The first-order valence-corrected chi connectivity index (χ1v) is 11.7. The molecule has 3 amide bonds. The molecule has 0 bridgehead atoms. The summed E-state index contributed by atoms with van der Waals surface area (Å²) >= 11 is 0. The number of anilines is 2. The number of para-hydroxylation sites is 1. The second-order valence-corrected chi connectivity index (χ2v) is 8.99. The van der Waals surface area contributed by atoms with Crippen molar-refractivity contribution in [2.75, 3.05) is 10.6 Å². The molecule has 35 heavy (non-hydrogen) atoms. The third-order valence-corrected chi connectivity index (χ3v) is 5.68. The Kier molecular flexibility index (Phi) is 7.45. The fourth-order valence-electron chi connectivity index (χ4n) is 4.10. The van der Waals surface area contributed by atoms with Crippen LogP contribution < -0.4 is 10.6 Å². The van der Waals surface area contributed by atoms with Crippen molar-refractivity contribution < 1.29 is 19.1 Å². The molecule has 1 aliphatic rings. The molecule has 2 unspecified atom stereocenters. The quantitative estimate of drug-likeness (QED) is 0.462. The minimum absolute atomic E-state index is 0.0929. The molecule has 2 N–H and O–H groups in total. The third kappa shape index (κ3) is 6.06. The van der Waals surface area contributed by atoms with Gasteiger partial charge in [0, 0.05) is 17.8 Å². The zero-order valence-corrected chi connectivity index (χ0v) is 19.8. The van der Waals surface area contributed by atoms with E-state index in [1.165, 1.54) is 4.90 Å². The Balaban J connectivity index is 1.63. The molecule has 180 valence electrons. The van der Waals surface area contributed by atoms with Gasteiger partial charge in [-0.25, -0.2) is 4.79 Å². The lowest BCUT2D eigenvalue weighted by atomic mass is 10.00. The van der Waals surface area contributed by atoms with Crippen LogP contribution in [0.2, 0.25) is 0 Å². The summed E-state index contributed by atoms with van der Waals surface area (Å²) in [5, 5.41) is 5.80. The van der Waals surface area contributed by atoms with Crippen LogP contribution in [0.1, 0.15) is 37.5 Å². The Morgan fingerprint density at radius 1 is 0.886 bits per heavy atom. The van der Waals surface area contributed by atoms with Crippen LogP contribution in [0.15, 0.2) is 84.9 Å². The highest BCUT2D eigenvalue weighted by Gasteiger charge is 2.47. The third-order valence-electron chi connectivity index (χ3n) is 5.68. The van der Waals surface area contributed by atoms with Gasteiger partial charge in [-0.2, -0.15) is 0 Å². The van der Waals surface area contributed by atoms with Crippen LogP contribution in [-0.4, -0.2) is 28.8 Å². The van der Waals surface area contributed by atoms with E-state index in [1.54, 1.807) is 36.4 Å². The molecule has 0 radical (unpaired) electrons. The predicted molar refractivity (Wildman–Crippen MR) is 135 cm³/mol. The second kappa shape index (κ2) is 10.9. The van der Waals surface area contributed by atoms with Crippen molar-refractivity contribution in [2.24, 2.45) is 5.92 Å². The number of hydrogen-bond donors (Lipinski definition) is 2. The molecule has 4 rings (SSSR count). The van der Waals surface area contributed by atoms with Gasteiger partial charge in [-0.1, -0.05) is 74.5 Å². The van der Waals surface area contributed by atoms with Crippen LogP contribution in [0, 0.1) is 5.92 Å². The number of carbonyl (C=O) groups excluding carboxylic acids is 3. The molecule has 7 heteroatoms. The van der Waals surface area contributed by atoms with Crippen LogP contribution in [0.5, 0.6) is 0 Å². The zero-order chi connectivity index (χ0) is 24.8. The summed E-state index contributed by atoms with van der Waals surface area (Å²) in [6.45, 7) is 4.18. The van der Waals surface area contributed by atoms with E-state index in [9.17, 15) is 14.4 Å². The summed E-state index contributed by atoms with van der Waals surface area (Å²) in [6.07, 6.45) is -1.01. The number of nitrogens with zero attached hydrogens (tertiary/aromatic N) is 1. The normalized spacial score (nSPS) is 17.2. The summed E-state index contributed by atoms with van der Waals surface area (Å²) in [7, 11) is 0. The summed E-state index contributed by atoms with van der Waals surface area (Å²) in [5.41, 5.74) is 2.74. The van der Waals surface area contributed by atoms with Gasteiger partial charge in [0.25, 0.3) is 5.91 Å². The average Bonchev–Trinajstić information content (AvgIpc) is 3.16. The fraction of sp³-hybridized carbons (Fsp3) is 0.250. The van der Waals surface area contributed by atoms with Gasteiger partial charge in [0.2, 0.25) is 5.91 Å². The van der Waals surface area contributed by atoms with Crippen LogP contribution in [0.4, 0.5) is 16.2 Å². The van der Waals surface area contributed by atoms with Gasteiger partial charge in [-0.3, -0.25) is 14.5 Å². The van der Waals surface area contributed by atoms with Crippen molar-refractivity contribution in [3.8, 4) is 0 Å². The predicted octanol–water partition coefficient (Wildman–Crippen LogP) is 5.37. The Hall–Kier alpha value is -4.13. The summed E-state index contributed by atoms with van der Waals surface area (Å²) < 4.78 is 5.74. The average molecular weight is 472 g/mol. The molecule has 0 spiro atoms. The van der Waals surface area contributed by atoms with Gasteiger partial charge >= 0.3 is 6.09 Å². The molecule has 1 saturated heterocycles. The summed E-state index contributed by atoms with van der Waals surface area (Å²) in [5.74, 6) is -0.214. The molecule has 3 aromatic carbocycles. The standard InChI is InChI=1S/C28H29N3O4/c1-19(2)16-24(32)29-23-15-9-12-21(17-23)26-25(27(33)30-22-13-7-4-8-14-22)31(28(34)35-26)18-20-10-5-3-6-11-20/h3-15,17,19,25-26H,16,18H2,1-2H3,(H,29,32)(H,30,33). The number of benzene rings is 3. The van der Waals surface area contributed by atoms with Crippen LogP contribution in [0.3, 0.4) is 0 Å². The van der Waals surface area contributed by atoms with E-state index >= 15 is 0 Å². The lowest BCUT2D eigenvalue weighted by Gasteiger charge is -2.24. The fourth-order valence-corrected chi connectivity index (χ4v) is 4.10. The maximum absolute atomic E-state index is 13.5. The zero-order valence-electron chi connectivity index (χ0n) is 19.8. The first-order valence-electron chi connectivity index (χ1n) is 11.7. The topological polar surface area (TPSA) is 87.7 Å². The summed E-state index contributed by atoms with van der Waals surface area (Å²) in [4.78, 5) is 40.2. The molecule has 3 aromatic rings. The number of carbonyl (C=O) groups is 3. The maximum Gasteiger partial charge on any atom is 0.411 e. The van der Waals surface area contributed by atoms with Crippen LogP contribution in [0.25, 0.3) is 0 Å². The molecule has 2 atom stereocenters. The molecule has 1 heterocycles. The Labute approximate surface area is 205 Å². The van der Waals surface area contributed by atoms with E-state index in [0.29, 0.717) is 23.4 Å². The molecule has 1 aliphatic heterocycles. The van der Waals surface area contributed by atoms with Gasteiger partial charge in [-0.05, 0) is 41.3 Å². The molecular weight excluding hydrogens is 442 g/mol. The molecule has 0 aliphatic carbocycles. The van der Waals surface area contributed by atoms with Crippen LogP contribution >= 0.6 is 0 Å². The number of ether oxygens (including phenoxy) is 1. The van der Waals surface area contributed by atoms with Gasteiger partial charge in [0.05, 0.1) is 6.54 Å². The molecule has 0 saturated carbocycles. The van der Waals surface area contributed by atoms with E-state index in [4.69, 9.17) is 4.74 Å². The Morgan fingerprint density at radius 2 is 1.54 bits per heavy atom. The van der Waals surface area contributed by atoms with Crippen molar-refractivity contribution >= 4 is 29.3 Å². The van der Waals surface area contributed by atoms with Crippen molar-refractivity contribution in [1.29, 1.82) is 0 Å². The maximum atomic E-state index is 13.5. The summed E-state index contributed by atoms with van der Waals surface area (Å²) in [6, 6.07) is 24.8. The largest absolute Gasteiger partial charge is 0.438 e. The van der Waals surface area contributed by atoms with E-state index < -0.39 is 18.2 Å². The molecular formula is C28H29N3O4. The van der Waals surface area contributed by atoms with Crippen molar-refractivity contribution in [3.63, 3.8) is 0 Å². The lowest BCUT2D eigenvalue weighted by molar-refractivity contribution is -0.121.